The lowest BCUT2D eigenvalue weighted by Crippen LogP contribution is -2.35. The third kappa shape index (κ3) is 4.95. The number of hydrogen-bond acceptors (Lipinski definition) is 6. The summed E-state index contributed by atoms with van der Waals surface area (Å²) in [5, 5.41) is 10.8. The van der Waals surface area contributed by atoms with Gasteiger partial charge < -0.3 is 4.74 Å². The molecule has 0 radical (unpaired) electrons. The van der Waals surface area contributed by atoms with E-state index in [0.29, 0.717) is 18.9 Å². The summed E-state index contributed by atoms with van der Waals surface area (Å²) in [5.74, 6) is 0. The van der Waals surface area contributed by atoms with E-state index >= 15 is 0 Å². The lowest BCUT2D eigenvalue weighted by Gasteiger charge is -2.26. The number of ether oxygens (including phenoxy) is 1. The molecule has 2 aromatic carbocycles. The molecule has 0 atom stereocenters. The molecule has 3 rings (SSSR count). The fourth-order valence-electron chi connectivity index (χ4n) is 2.71. The average molecular weight is 412 g/mol. The van der Waals surface area contributed by atoms with E-state index in [1.54, 1.807) is 12.1 Å². The SMILES string of the molecule is O=[N+]([O-])c1cc(S(=O)(=O)Nc2ccc(CN3CCOCC3)cc2)ccc1Cl. The second kappa shape index (κ2) is 8.22. The van der Waals surface area contributed by atoms with Crippen LogP contribution in [0.2, 0.25) is 5.02 Å². The van der Waals surface area contributed by atoms with Crippen LogP contribution in [0.25, 0.3) is 0 Å². The maximum atomic E-state index is 12.5. The van der Waals surface area contributed by atoms with Crippen LogP contribution in [0.4, 0.5) is 11.4 Å². The van der Waals surface area contributed by atoms with Crippen molar-refractivity contribution < 1.29 is 18.1 Å². The first kappa shape index (κ1) is 19.6. The molecule has 2 aromatic rings. The Labute approximate surface area is 161 Å². The number of nitro benzene ring substituents is 1. The van der Waals surface area contributed by atoms with Crippen molar-refractivity contribution in [3.63, 3.8) is 0 Å². The van der Waals surface area contributed by atoms with Crippen molar-refractivity contribution in [3.05, 3.63) is 63.2 Å². The molecule has 1 saturated heterocycles. The Morgan fingerprint density at radius 3 is 2.44 bits per heavy atom. The first-order valence-corrected chi connectivity index (χ1v) is 10.1. The zero-order valence-electron chi connectivity index (χ0n) is 14.3. The fourth-order valence-corrected chi connectivity index (χ4v) is 3.97. The van der Waals surface area contributed by atoms with Gasteiger partial charge in [-0.3, -0.25) is 19.7 Å². The first-order chi connectivity index (χ1) is 12.8. The second-order valence-corrected chi connectivity index (χ2v) is 8.15. The van der Waals surface area contributed by atoms with Gasteiger partial charge in [0.15, 0.2) is 0 Å². The number of halogens is 1. The van der Waals surface area contributed by atoms with E-state index in [4.69, 9.17) is 16.3 Å². The van der Waals surface area contributed by atoms with Crippen molar-refractivity contribution in [2.24, 2.45) is 0 Å². The predicted molar refractivity (Wildman–Crippen MR) is 101 cm³/mol. The van der Waals surface area contributed by atoms with E-state index < -0.39 is 20.6 Å². The van der Waals surface area contributed by atoms with E-state index in [9.17, 15) is 18.5 Å². The van der Waals surface area contributed by atoms with E-state index in [1.807, 2.05) is 12.1 Å². The number of nitrogens with zero attached hydrogens (tertiary/aromatic N) is 2. The van der Waals surface area contributed by atoms with Crippen LogP contribution < -0.4 is 4.72 Å². The molecular formula is C17H18ClN3O5S. The molecule has 0 bridgehead atoms. The van der Waals surface area contributed by atoms with Crippen LogP contribution >= 0.6 is 11.6 Å². The highest BCUT2D eigenvalue weighted by Gasteiger charge is 2.21. The largest absolute Gasteiger partial charge is 0.379 e. The lowest BCUT2D eigenvalue weighted by atomic mass is 10.2. The smallest absolute Gasteiger partial charge is 0.289 e. The van der Waals surface area contributed by atoms with Crippen LogP contribution in [-0.4, -0.2) is 44.5 Å². The summed E-state index contributed by atoms with van der Waals surface area (Å²) in [6.07, 6.45) is 0. The van der Waals surface area contributed by atoms with Gasteiger partial charge in [0.1, 0.15) is 5.02 Å². The number of morpholine rings is 1. The quantitative estimate of drug-likeness (QED) is 0.579. The molecule has 0 amide bonds. The Bertz CT molecular complexity index is 928. The van der Waals surface area contributed by atoms with Crippen LogP contribution in [0.3, 0.4) is 0 Å². The van der Waals surface area contributed by atoms with Crippen molar-refractivity contribution >= 4 is 33.0 Å². The molecule has 0 saturated carbocycles. The highest BCUT2D eigenvalue weighted by atomic mass is 35.5. The number of nitrogens with one attached hydrogen (secondary N) is 1. The van der Waals surface area contributed by atoms with Gasteiger partial charge in [-0.1, -0.05) is 23.7 Å². The van der Waals surface area contributed by atoms with Gasteiger partial charge in [0.25, 0.3) is 15.7 Å². The van der Waals surface area contributed by atoms with Crippen LogP contribution in [0.15, 0.2) is 47.4 Å². The molecule has 10 heteroatoms. The molecule has 1 N–H and O–H groups in total. The minimum Gasteiger partial charge on any atom is -0.379 e. The number of nitro groups is 1. The average Bonchev–Trinajstić information content (AvgIpc) is 2.64. The third-order valence-corrected chi connectivity index (χ3v) is 5.84. The lowest BCUT2D eigenvalue weighted by molar-refractivity contribution is -0.384. The van der Waals surface area contributed by atoms with Crippen molar-refractivity contribution in [1.82, 2.24) is 4.90 Å². The molecule has 1 aliphatic rings. The summed E-state index contributed by atoms with van der Waals surface area (Å²) in [7, 11) is -3.97. The highest BCUT2D eigenvalue weighted by Crippen LogP contribution is 2.28. The molecule has 1 fully saturated rings. The van der Waals surface area contributed by atoms with Crippen molar-refractivity contribution in [3.8, 4) is 0 Å². The summed E-state index contributed by atoms with van der Waals surface area (Å²) in [6.45, 7) is 3.92. The summed E-state index contributed by atoms with van der Waals surface area (Å²) in [6, 6.07) is 10.4. The van der Waals surface area contributed by atoms with Crippen LogP contribution in [0.5, 0.6) is 0 Å². The van der Waals surface area contributed by atoms with Gasteiger partial charge in [-0.25, -0.2) is 8.42 Å². The van der Waals surface area contributed by atoms with E-state index in [-0.39, 0.29) is 9.92 Å². The van der Waals surface area contributed by atoms with Crippen LogP contribution in [0.1, 0.15) is 5.56 Å². The summed E-state index contributed by atoms with van der Waals surface area (Å²) < 4.78 is 32.7. The monoisotopic (exact) mass is 411 g/mol. The maximum absolute atomic E-state index is 12.5. The molecule has 1 heterocycles. The minimum absolute atomic E-state index is 0.119. The number of rotatable bonds is 6. The van der Waals surface area contributed by atoms with Crippen LogP contribution in [0, 0.1) is 10.1 Å². The van der Waals surface area contributed by atoms with Crippen molar-refractivity contribution in [2.75, 3.05) is 31.0 Å². The number of hydrogen-bond donors (Lipinski definition) is 1. The van der Waals surface area contributed by atoms with Gasteiger partial charge >= 0.3 is 0 Å². The van der Waals surface area contributed by atoms with Crippen molar-refractivity contribution in [2.45, 2.75) is 11.4 Å². The molecule has 8 nitrogen and oxygen atoms in total. The maximum Gasteiger partial charge on any atom is 0.289 e. The summed E-state index contributed by atoms with van der Waals surface area (Å²) in [4.78, 5) is 12.3. The zero-order valence-corrected chi connectivity index (χ0v) is 15.9. The topological polar surface area (TPSA) is 102 Å². The van der Waals surface area contributed by atoms with Gasteiger partial charge in [-0.05, 0) is 29.8 Å². The number of benzene rings is 2. The Morgan fingerprint density at radius 2 is 1.81 bits per heavy atom. The van der Waals surface area contributed by atoms with E-state index in [1.165, 1.54) is 12.1 Å². The molecule has 0 aliphatic carbocycles. The summed E-state index contributed by atoms with van der Waals surface area (Å²) >= 11 is 5.73. The van der Waals surface area contributed by atoms with Gasteiger partial charge in [-0.15, -0.1) is 0 Å². The van der Waals surface area contributed by atoms with Gasteiger partial charge in [0.05, 0.1) is 23.0 Å². The minimum atomic E-state index is -3.97. The molecule has 1 aliphatic heterocycles. The third-order valence-electron chi connectivity index (χ3n) is 4.14. The Hall–Kier alpha value is -2.20. The molecule has 0 spiro atoms. The summed E-state index contributed by atoms with van der Waals surface area (Å²) in [5.41, 5.74) is 0.973. The fraction of sp³-hybridized carbons (Fsp3) is 0.294. The predicted octanol–water partition coefficient (Wildman–Crippen LogP) is 2.88. The number of anilines is 1. The molecule has 0 unspecified atom stereocenters. The van der Waals surface area contributed by atoms with Crippen LogP contribution in [-0.2, 0) is 21.3 Å². The Morgan fingerprint density at radius 1 is 1.15 bits per heavy atom. The molecule has 0 aromatic heterocycles. The molecule has 144 valence electrons. The van der Waals surface area contributed by atoms with E-state index in [2.05, 4.69) is 9.62 Å². The van der Waals surface area contributed by atoms with Crippen molar-refractivity contribution in [1.29, 1.82) is 0 Å². The van der Waals surface area contributed by atoms with Gasteiger partial charge in [0, 0.05) is 31.4 Å². The molecule has 27 heavy (non-hydrogen) atoms. The Kier molecular flexibility index (Phi) is 5.95. The highest BCUT2D eigenvalue weighted by molar-refractivity contribution is 7.92. The normalized spacial score (nSPS) is 15.4. The first-order valence-electron chi connectivity index (χ1n) is 8.21. The van der Waals surface area contributed by atoms with E-state index in [0.717, 1.165) is 31.3 Å². The van der Waals surface area contributed by atoms with Gasteiger partial charge in [-0.2, -0.15) is 0 Å². The van der Waals surface area contributed by atoms with Gasteiger partial charge in [0.2, 0.25) is 0 Å². The Balaban J connectivity index is 1.72. The number of sulfonamides is 1. The zero-order chi connectivity index (χ0) is 19.4. The second-order valence-electron chi connectivity index (χ2n) is 6.06. The standard InChI is InChI=1S/C17H18ClN3O5S/c18-16-6-5-15(11-17(16)21(22)23)27(24,25)19-14-3-1-13(2-4-14)12-20-7-9-26-10-8-20/h1-6,11,19H,7-10,12H2. The molecular weight excluding hydrogens is 394 g/mol.